The summed E-state index contributed by atoms with van der Waals surface area (Å²) in [5.74, 6) is 1.92. The van der Waals surface area contributed by atoms with Crippen molar-refractivity contribution in [3.8, 4) is 35.4 Å². The molecule has 4 fully saturated rings. The molecule has 0 saturated carbocycles. The lowest BCUT2D eigenvalue weighted by molar-refractivity contribution is 0.0122. The Bertz CT molecular complexity index is 2210. The molecule has 0 spiro atoms. The van der Waals surface area contributed by atoms with Crippen LogP contribution in [0.5, 0.6) is 11.8 Å². The Balaban J connectivity index is 1.17. The van der Waals surface area contributed by atoms with Gasteiger partial charge in [0.1, 0.15) is 40.8 Å². The van der Waals surface area contributed by atoms with E-state index in [-0.39, 0.29) is 59.4 Å². The molecule has 2 aromatic carbocycles. The first-order valence-corrected chi connectivity index (χ1v) is 20.2. The second kappa shape index (κ2) is 16.4. The van der Waals surface area contributed by atoms with Crippen molar-refractivity contribution < 1.29 is 32.5 Å². The molecule has 4 aliphatic rings. The predicted molar refractivity (Wildman–Crippen MR) is 217 cm³/mol. The number of hydrogen-bond acceptors (Lipinski definition) is 12. The van der Waals surface area contributed by atoms with Crippen molar-refractivity contribution in [2.24, 2.45) is 0 Å². The molecular weight excluding hydrogens is 747 g/mol. The highest BCUT2D eigenvalue weighted by atomic mass is 19.1. The van der Waals surface area contributed by atoms with Gasteiger partial charge in [-0.2, -0.15) is 9.97 Å². The molecule has 1 N–H and O–H groups in total. The number of piperazine rings is 2. The number of likely N-dealkylation sites (tertiary alicyclic amines) is 1. The molecular formula is C43H52F2N8O5. The van der Waals surface area contributed by atoms with Crippen LogP contribution in [-0.2, 0) is 9.47 Å². The minimum Gasteiger partial charge on any atom is -0.468 e. The molecule has 58 heavy (non-hydrogen) atoms. The highest BCUT2D eigenvalue weighted by Gasteiger charge is 2.45. The second-order valence-electron chi connectivity index (χ2n) is 16.8. The molecule has 2 bridgehead atoms. The summed E-state index contributed by atoms with van der Waals surface area (Å²) in [5.41, 5.74) is -0.494. The van der Waals surface area contributed by atoms with Gasteiger partial charge in [0.25, 0.3) is 0 Å². The lowest BCUT2D eigenvalue weighted by Gasteiger charge is -2.42. The zero-order valence-electron chi connectivity index (χ0n) is 33.9. The Labute approximate surface area is 338 Å². The summed E-state index contributed by atoms with van der Waals surface area (Å²) in [4.78, 5) is 36.4. The quantitative estimate of drug-likeness (QED) is 0.163. The number of likely N-dealkylation sites (N-methyl/N-ethyl adjacent to an activating group) is 1. The van der Waals surface area contributed by atoms with Crippen LogP contribution in [0.3, 0.4) is 0 Å². The van der Waals surface area contributed by atoms with E-state index in [4.69, 9.17) is 35.3 Å². The number of ether oxygens (including phenoxy) is 4. The number of aromatic nitrogens is 3. The van der Waals surface area contributed by atoms with Crippen LogP contribution >= 0.6 is 0 Å². The van der Waals surface area contributed by atoms with Gasteiger partial charge in [0.05, 0.1) is 23.0 Å². The van der Waals surface area contributed by atoms with Gasteiger partial charge in [-0.3, -0.25) is 19.7 Å². The largest absolute Gasteiger partial charge is 0.468 e. The highest BCUT2D eigenvalue weighted by Crippen LogP contribution is 2.41. The molecule has 4 saturated heterocycles. The summed E-state index contributed by atoms with van der Waals surface area (Å²) in [6, 6.07) is 6.44. The molecule has 4 atom stereocenters. The topological polar surface area (TPSA) is 118 Å². The van der Waals surface area contributed by atoms with Crippen LogP contribution in [0.25, 0.3) is 32.9 Å². The summed E-state index contributed by atoms with van der Waals surface area (Å²) >= 11 is 0. The fourth-order valence-corrected chi connectivity index (χ4v) is 9.03. The lowest BCUT2D eigenvalue weighted by atomic mass is 9.95. The third-order valence-corrected chi connectivity index (χ3v) is 11.9. The third-order valence-electron chi connectivity index (χ3n) is 11.9. The van der Waals surface area contributed by atoms with E-state index < -0.39 is 17.2 Å². The molecule has 1 amide bonds. The number of halogens is 2. The van der Waals surface area contributed by atoms with Crippen molar-refractivity contribution in [2.45, 2.75) is 76.2 Å². The number of nitrogens with one attached hydrogen (secondary N) is 1. The molecule has 4 aromatic rings. The molecule has 4 unspecified atom stereocenters. The van der Waals surface area contributed by atoms with Crippen molar-refractivity contribution in [3.63, 3.8) is 0 Å². The van der Waals surface area contributed by atoms with Gasteiger partial charge in [-0.15, -0.1) is 6.42 Å². The number of methoxy groups -OCH3 is 1. The summed E-state index contributed by atoms with van der Waals surface area (Å²) < 4.78 is 55.7. The van der Waals surface area contributed by atoms with Crippen molar-refractivity contribution >= 4 is 33.6 Å². The van der Waals surface area contributed by atoms with E-state index in [1.807, 2.05) is 25.7 Å². The first-order chi connectivity index (χ1) is 27.9. The smallest absolute Gasteiger partial charge is 0.410 e. The van der Waals surface area contributed by atoms with Crippen LogP contribution in [0.4, 0.5) is 19.4 Å². The van der Waals surface area contributed by atoms with Gasteiger partial charge in [0, 0.05) is 82.2 Å². The number of carbonyl (C=O) groups is 1. The number of rotatable bonds is 10. The molecule has 308 valence electrons. The van der Waals surface area contributed by atoms with E-state index >= 15 is 8.78 Å². The van der Waals surface area contributed by atoms with Crippen molar-refractivity contribution in [2.75, 3.05) is 78.3 Å². The number of carbonyl (C=O) groups excluding carboxylic acids is 1. The predicted octanol–water partition coefficient (Wildman–Crippen LogP) is 5.42. The summed E-state index contributed by atoms with van der Waals surface area (Å²) in [6.07, 6.45) is 10.6. The zero-order valence-corrected chi connectivity index (χ0v) is 33.9. The van der Waals surface area contributed by atoms with Gasteiger partial charge in [-0.1, -0.05) is 12.0 Å². The highest BCUT2D eigenvalue weighted by molar-refractivity contribution is 6.03. The molecule has 8 rings (SSSR count). The van der Waals surface area contributed by atoms with Crippen LogP contribution in [0.15, 0.2) is 30.5 Å². The van der Waals surface area contributed by atoms with Crippen molar-refractivity contribution in [1.29, 1.82) is 0 Å². The Morgan fingerprint density at radius 3 is 2.47 bits per heavy atom. The molecule has 0 radical (unpaired) electrons. The molecule has 4 aliphatic heterocycles. The number of anilines is 1. The van der Waals surface area contributed by atoms with E-state index in [0.29, 0.717) is 53.5 Å². The van der Waals surface area contributed by atoms with Gasteiger partial charge in [-0.05, 0) is 77.1 Å². The fraction of sp³-hybridized carbons (Fsp3) is 0.535. The van der Waals surface area contributed by atoms with Crippen LogP contribution in [0.1, 0.15) is 52.0 Å². The number of nitrogens with zero attached hydrogens (tertiary/aromatic N) is 7. The van der Waals surface area contributed by atoms with Crippen molar-refractivity contribution in [1.82, 2.24) is 35.0 Å². The first-order valence-electron chi connectivity index (χ1n) is 20.2. The Morgan fingerprint density at radius 1 is 1.02 bits per heavy atom. The monoisotopic (exact) mass is 798 g/mol. The standard InChI is InChI=1S/C43H52F2N8O5/c1-7-32-35(44)13-8-26-18-31(57-25-55-6)19-33(36(26)32)38-37(45)39-34(20-47-38)40(52-22-28-10-11-29(23-52)53(28)42(54)58-43(2,3)4)49-41(48-39)56-24-30-12-9-27(50(30)5)21-51-16-14-46-15-17-51/h1,8,13,18-20,27-30,46H,9-12,14-17,21-25H2,2-6H3. The van der Waals surface area contributed by atoms with E-state index in [1.165, 1.54) is 13.2 Å². The normalized spacial score (nSPS) is 22.8. The van der Waals surface area contributed by atoms with Crippen LogP contribution in [0.2, 0.25) is 0 Å². The average molecular weight is 799 g/mol. The number of terminal acetylenes is 1. The number of amides is 1. The van der Waals surface area contributed by atoms with Gasteiger partial charge < -0.3 is 29.2 Å². The summed E-state index contributed by atoms with van der Waals surface area (Å²) in [6.45, 7) is 11.8. The maximum Gasteiger partial charge on any atom is 0.410 e. The number of fused-ring (bicyclic) bond motifs is 4. The third kappa shape index (κ3) is 7.95. The Kier molecular flexibility index (Phi) is 11.3. The lowest BCUT2D eigenvalue weighted by Crippen LogP contribution is -2.57. The molecule has 6 heterocycles. The zero-order chi connectivity index (χ0) is 40.7. The first kappa shape index (κ1) is 39.9. The van der Waals surface area contributed by atoms with Gasteiger partial charge in [0.2, 0.25) is 0 Å². The minimum atomic E-state index is -0.743. The Hall–Kier alpha value is -4.88. The fourth-order valence-electron chi connectivity index (χ4n) is 9.03. The number of pyridine rings is 1. The summed E-state index contributed by atoms with van der Waals surface area (Å²) in [7, 11) is 3.63. The van der Waals surface area contributed by atoms with Crippen LogP contribution in [0, 0.1) is 24.0 Å². The number of hydrogen-bond donors (Lipinski definition) is 1. The number of benzene rings is 2. The van der Waals surface area contributed by atoms with Gasteiger partial charge in [0.15, 0.2) is 12.6 Å². The van der Waals surface area contributed by atoms with E-state index in [0.717, 1.165) is 58.4 Å². The van der Waals surface area contributed by atoms with Gasteiger partial charge in [-0.25, -0.2) is 13.6 Å². The summed E-state index contributed by atoms with van der Waals surface area (Å²) in [5, 5.41) is 4.67. The molecule has 2 aromatic heterocycles. The second-order valence-corrected chi connectivity index (χ2v) is 16.8. The Morgan fingerprint density at radius 2 is 1.76 bits per heavy atom. The van der Waals surface area contributed by atoms with E-state index in [1.54, 1.807) is 24.4 Å². The van der Waals surface area contributed by atoms with Crippen molar-refractivity contribution in [3.05, 3.63) is 47.7 Å². The SMILES string of the molecule is C#Cc1c(F)ccc2cc(OCOC)cc(-c3ncc4c(N5CC6CCC(C5)N6C(=O)OC(C)(C)C)nc(OCC5CCC(CN6CCNCC6)N5C)nc4c3F)c12. The maximum atomic E-state index is 17.4. The van der Waals surface area contributed by atoms with E-state index in [9.17, 15) is 4.79 Å². The minimum absolute atomic E-state index is 0.00157. The van der Waals surface area contributed by atoms with Crippen LogP contribution < -0.4 is 19.7 Å². The van der Waals surface area contributed by atoms with Crippen LogP contribution in [-0.4, -0.2) is 139 Å². The molecule has 13 nitrogen and oxygen atoms in total. The molecule has 0 aliphatic carbocycles. The maximum absolute atomic E-state index is 17.4. The van der Waals surface area contributed by atoms with E-state index in [2.05, 4.69) is 38.0 Å². The average Bonchev–Trinajstić information content (AvgIpc) is 3.69. The van der Waals surface area contributed by atoms with Gasteiger partial charge >= 0.3 is 12.1 Å². The molecule has 15 heteroatoms.